The molecule has 0 aliphatic carbocycles. The number of carbonyl (C=O) groups is 2. The Morgan fingerprint density at radius 1 is 1.14 bits per heavy atom. The summed E-state index contributed by atoms with van der Waals surface area (Å²) in [5, 5.41) is 9.49. The Hall–Kier alpha value is -3.03. The largest absolute Gasteiger partial charge is 0.481 e. The second kappa shape index (κ2) is 7.53. The van der Waals surface area contributed by atoms with Gasteiger partial charge in [-0.1, -0.05) is 36.4 Å². The fraction of sp³-hybridized carbons (Fsp3) is 0.300. The molecule has 0 bridgehead atoms. The number of rotatable bonds is 4. The van der Waals surface area contributed by atoms with Gasteiger partial charge in [-0.3, -0.25) is 9.59 Å². The summed E-state index contributed by atoms with van der Waals surface area (Å²) in [6.45, 7) is 1.46. The lowest BCUT2D eigenvalue weighted by atomic mass is 9.89. The Bertz CT molecular complexity index is 897. The van der Waals surface area contributed by atoms with Gasteiger partial charge in [-0.25, -0.2) is 0 Å². The Morgan fingerprint density at radius 2 is 1.79 bits per heavy atom. The number of carbonyl (C=O) groups excluding carboxylic acids is 1. The summed E-state index contributed by atoms with van der Waals surface area (Å²) in [7, 11) is 0. The van der Waals surface area contributed by atoms with Crippen LogP contribution < -0.4 is 4.74 Å². The van der Waals surface area contributed by atoms with Gasteiger partial charge in [0.1, 0.15) is 5.75 Å². The Labute approximate surface area is 159 Å². The molecule has 0 spiro atoms. The first kappa shape index (κ1) is 19.7. The molecule has 1 aliphatic heterocycles. The monoisotopic (exact) mass is 393 g/mol. The zero-order valence-electron chi connectivity index (χ0n) is 14.9. The van der Waals surface area contributed by atoms with Crippen LogP contribution in [0.25, 0.3) is 0 Å². The maximum atomic E-state index is 13.1. The molecule has 2 unspecified atom stereocenters. The fourth-order valence-corrected chi connectivity index (χ4v) is 3.29. The molecule has 0 saturated carbocycles. The van der Waals surface area contributed by atoms with E-state index in [-0.39, 0.29) is 13.1 Å². The van der Waals surface area contributed by atoms with Crippen molar-refractivity contribution in [3.05, 3.63) is 65.2 Å². The molecule has 1 amide bonds. The van der Waals surface area contributed by atoms with Crippen LogP contribution in [0.5, 0.6) is 5.75 Å². The molecule has 2 atom stereocenters. The highest BCUT2D eigenvalue weighted by molar-refractivity contribution is 5.84. The number of carboxylic acids is 1. The number of amides is 1. The van der Waals surface area contributed by atoms with E-state index in [2.05, 4.69) is 0 Å². The number of fused-ring (bicyclic) bond motifs is 1. The smallest absolute Gasteiger partial charge is 0.419 e. The van der Waals surface area contributed by atoms with Crippen molar-refractivity contribution in [1.82, 2.24) is 4.90 Å². The maximum absolute atomic E-state index is 13.1. The zero-order chi connectivity index (χ0) is 20.5. The molecular weight excluding hydrogens is 375 g/mol. The van der Waals surface area contributed by atoms with Gasteiger partial charge in [-0.15, -0.1) is 0 Å². The van der Waals surface area contributed by atoms with Crippen LogP contribution in [0.15, 0.2) is 48.5 Å². The predicted molar refractivity (Wildman–Crippen MR) is 93.8 cm³/mol. The number of hydrogen-bond donors (Lipinski definition) is 1. The van der Waals surface area contributed by atoms with Crippen molar-refractivity contribution in [2.75, 3.05) is 6.54 Å². The van der Waals surface area contributed by atoms with Crippen molar-refractivity contribution in [2.24, 2.45) is 0 Å². The average Bonchev–Trinajstić information content (AvgIpc) is 2.65. The van der Waals surface area contributed by atoms with Crippen molar-refractivity contribution < 1.29 is 32.6 Å². The van der Waals surface area contributed by atoms with Crippen molar-refractivity contribution in [2.45, 2.75) is 31.7 Å². The normalized spacial score (nSPS) is 17.6. The number of halogens is 3. The molecule has 3 rings (SSSR count). The standard InChI is InChI=1S/C20H18F3NO4/c1-12(28-17-9-5-4-8-16(17)20(21,22)23)18(25)24-10-13-6-2-3-7-14(13)15(11-24)19(26)27/h2-9,12,15H,10-11H2,1H3,(H,26,27). The highest BCUT2D eigenvalue weighted by Gasteiger charge is 2.37. The number of alkyl halides is 3. The van der Waals surface area contributed by atoms with Crippen molar-refractivity contribution in [1.29, 1.82) is 0 Å². The van der Waals surface area contributed by atoms with Crippen LogP contribution >= 0.6 is 0 Å². The number of nitrogens with zero attached hydrogens (tertiary/aromatic N) is 1. The third-order valence-electron chi connectivity index (χ3n) is 4.65. The van der Waals surface area contributed by atoms with Crippen molar-refractivity contribution in [3.8, 4) is 5.75 Å². The molecule has 28 heavy (non-hydrogen) atoms. The molecular formula is C20H18F3NO4. The Kier molecular flexibility index (Phi) is 5.31. The first-order chi connectivity index (χ1) is 13.2. The summed E-state index contributed by atoms with van der Waals surface area (Å²) in [5.74, 6) is -2.98. The van der Waals surface area contributed by atoms with Gasteiger partial charge >= 0.3 is 12.1 Å². The molecule has 8 heteroatoms. The van der Waals surface area contributed by atoms with E-state index in [4.69, 9.17) is 4.74 Å². The van der Waals surface area contributed by atoms with E-state index in [1.54, 1.807) is 24.3 Å². The summed E-state index contributed by atoms with van der Waals surface area (Å²) in [5.41, 5.74) is 0.356. The molecule has 0 saturated heterocycles. The van der Waals surface area contributed by atoms with E-state index in [1.165, 1.54) is 24.0 Å². The molecule has 2 aromatic carbocycles. The minimum atomic E-state index is -4.61. The highest BCUT2D eigenvalue weighted by atomic mass is 19.4. The van der Waals surface area contributed by atoms with E-state index in [0.717, 1.165) is 12.1 Å². The van der Waals surface area contributed by atoms with Gasteiger partial charge < -0.3 is 14.7 Å². The highest BCUT2D eigenvalue weighted by Crippen LogP contribution is 2.36. The van der Waals surface area contributed by atoms with Gasteiger partial charge in [-0.2, -0.15) is 13.2 Å². The number of aliphatic carboxylic acids is 1. The molecule has 1 N–H and O–H groups in total. The summed E-state index contributed by atoms with van der Waals surface area (Å²) in [6.07, 6.45) is -5.82. The molecule has 2 aromatic rings. The van der Waals surface area contributed by atoms with Gasteiger partial charge in [0.05, 0.1) is 11.5 Å². The molecule has 0 fully saturated rings. The SMILES string of the molecule is CC(Oc1ccccc1C(F)(F)F)C(=O)N1Cc2ccccc2C(C(=O)O)C1. The van der Waals surface area contributed by atoms with Crippen LogP contribution in [0.1, 0.15) is 29.5 Å². The van der Waals surface area contributed by atoms with Crippen LogP contribution in [0.4, 0.5) is 13.2 Å². The van der Waals surface area contributed by atoms with E-state index in [1.807, 2.05) is 0 Å². The fourth-order valence-electron chi connectivity index (χ4n) is 3.29. The number of carboxylic acid groups (broad SMARTS) is 1. The zero-order valence-corrected chi connectivity index (χ0v) is 14.9. The van der Waals surface area contributed by atoms with Crippen LogP contribution in [-0.2, 0) is 22.3 Å². The van der Waals surface area contributed by atoms with Crippen molar-refractivity contribution in [3.63, 3.8) is 0 Å². The Morgan fingerprint density at radius 3 is 2.46 bits per heavy atom. The topological polar surface area (TPSA) is 66.8 Å². The minimum absolute atomic E-state index is 0.0696. The molecule has 0 radical (unpaired) electrons. The van der Waals surface area contributed by atoms with Crippen molar-refractivity contribution >= 4 is 11.9 Å². The second-order valence-corrected chi connectivity index (χ2v) is 6.56. The third-order valence-corrected chi connectivity index (χ3v) is 4.65. The predicted octanol–water partition coefficient (Wildman–Crippen LogP) is 3.68. The van der Waals surface area contributed by atoms with Crippen LogP contribution in [0.2, 0.25) is 0 Å². The first-order valence-electron chi connectivity index (χ1n) is 8.60. The van der Waals surface area contributed by atoms with E-state index in [9.17, 15) is 27.9 Å². The van der Waals surface area contributed by atoms with E-state index < -0.39 is 41.4 Å². The Balaban J connectivity index is 1.81. The maximum Gasteiger partial charge on any atom is 0.419 e. The third kappa shape index (κ3) is 3.95. The van der Waals surface area contributed by atoms with E-state index >= 15 is 0 Å². The summed E-state index contributed by atoms with van der Waals surface area (Å²) >= 11 is 0. The van der Waals surface area contributed by atoms with Gasteiger partial charge in [0, 0.05) is 13.1 Å². The lowest BCUT2D eigenvalue weighted by Gasteiger charge is -2.34. The number of hydrogen-bond acceptors (Lipinski definition) is 3. The minimum Gasteiger partial charge on any atom is -0.481 e. The molecule has 5 nitrogen and oxygen atoms in total. The molecule has 1 aliphatic rings. The van der Waals surface area contributed by atoms with Gasteiger partial charge in [0.25, 0.3) is 5.91 Å². The second-order valence-electron chi connectivity index (χ2n) is 6.56. The van der Waals surface area contributed by atoms with Gasteiger partial charge in [0.2, 0.25) is 0 Å². The first-order valence-corrected chi connectivity index (χ1v) is 8.60. The molecule has 148 valence electrons. The van der Waals surface area contributed by atoms with Crippen LogP contribution in [-0.4, -0.2) is 34.5 Å². The molecule has 0 aromatic heterocycles. The van der Waals surface area contributed by atoms with Gasteiger partial charge in [-0.05, 0) is 30.2 Å². The summed E-state index contributed by atoms with van der Waals surface area (Å²) in [6, 6.07) is 11.6. The van der Waals surface area contributed by atoms with E-state index in [0.29, 0.717) is 11.1 Å². The number of para-hydroxylation sites is 1. The van der Waals surface area contributed by atoms with Crippen LogP contribution in [0.3, 0.4) is 0 Å². The van der Waals surface area contributed by atoms with Crippen LogP contribution in [0, 0.1) is 0 Å². The average molecular weight is 393 g/mol. The number of benzene rings is 2. The van der Waals surface area contributed by atoms with Gasteiger partial charge in [0.15, 0.2) is 6.10 Å². The summed E-state index contributed by atoms with van der Waals surface area (Å²) < 4.78 is 44.7. The lowest BCUT2D eigenvalue weighted by Crippen LogP contribution is -2.46. The molecule has 1 heterocycles. The lowest BCUT2D eigenvalue weighted by molar-refractivity contribution is -0.146. The number of ether oxygens (including phenoxy) is 1. The summed E-state index contributed by atoms with van der Waals surface area (Å²) in [4.78, 5) is 25.7. The quantitative estimate of drug-likeness (QED) is 0.861.